The number of rotatable bonds is 5. The maximum atomic E-state index is 12.3. The minimum atomic E-state index is -0.568. The molecule has 0 saturated heterocycles. The van der Waals surface area contributed by atoms with E-state index >= 15 is 0 Å². The van der Waals surface area contributed by atoms with Crippen molar-refractivity contribution in [3.63, 3.8) is 0 Å². The van der Waals surface area contributed by atoms with Crippen LogP contribution in [-0.2, 0) is 4.74 Å². The highest BCUT2D eigenvalue weighted by molar-refractivity contribution is 6.09. The summed E-state index contributed by atoms with van der Waals surface area (Å²) < 4.78 is 6.61. The van der Waals surface area contributed by atoms with Crippen LogP contribution in [0.2, 0.25) is 0 Å². The van der Waals surface area contributed by atoms with Crippen molar-refractivity contribution in [3.05, 3.63) is 72.2 Å². The first-order valence-electron chi connectivity index (χ1n) is 7.82. The molecule has 0 saturated carbocycles. The summed E-state index contributed by atoms with van der Waals surface area (Å²) in [5.41, 5.74) is 2.41. The molecule has 0 unspecified atom stereocenters. The minimum absolute atomic E-state index is 0.263. The van der Waals surface area contributed by atoms with Crippen molar-refractivity contribution in [2.24, 2.45) is 0 Å². The highest BCUT2D eigenvalue weighted by Gasteiger charge is 2.15. The van der Waals surface area contributed by atoms with Crippen LogP contribution in [0.15, 0.2) is 61.1 Å². The van der Waals surface area contributed by atoms with Gasteiger partial charge < -0.3 is 9.72 Å². The molecule has 0 bridgehead atoms. The van der Waals surface area contributed by atoms with Crippen molar-refractivity contribution in [1.82, 2.24) is 25.2 Å². The molecule has 8 nitrogen and oxygen atoms in total. The molecule has 0 atom stereocenters. The zero-order chi connectivity index (χ0) is 17.9. The van der Waals surface area contributed by atoms with Gasteiger partial charge in [-0.1, -0.05) is 18.2 Å². The lowest BCUT2D eigenvalue weighted by Gasteiger charge is -2.05. The number of esters is 1. The van der Waals surface area contributed by atoms with Gasteiger partial charge in [-0.3, -0.25) is 4.79 Å². The third-order valence-corrected chi connectivity index (χ3v) is 3.94. The number of aromatic amines is 1. The van der Waals surface area contributed by atoms with Gasteiger partial charge in [0.2, 0.25) is 5.78 Å². The molecule has 0 aliphatic rings. The average Bonchev–Trinajstić information content (AvgIpc) is 3.36. The van der Waals surface area contributed by atoms with E-state index in [1.54, 1.807) is 30.5 Å². The molecule has 0 amide bonds. The Morgan fingerprint density at radius 3 is 2.65 bits per heavy atom. The van der Waals surface area contributed by atoms with Gasteiger partial charge in [0.05, 0.1) is 11.3 Å². The molecular weight excluding hydrogens is 334 g/mol. The normalized spacial score (nSPS) is 10.8. The molecule has 128 valence electrons. The fourth-order valence-electron chi connectivity index (χ4n) is 2.62. The number of para-hydroxylation sites is 1. The second kappa shape index (κ2) is 6.60. The van der Waals surface area contributed by atoms with Gasteiger partial charge in [0.1, 0.15) is 6.33 Å². The molecule has 4 aromatic rings. The second-order valence-electron chi connectivity index (χ2n) is 5.55. The zero-order valence-corrected chi connectivity index (χ0v) is 13.5. The first-order chi connectivity index (χ1) is 12.7. The maximum Gasteiger partial charge on any atom is 0.338 e. The quantitative estimate of drug-likeness (QED) is 0.438. The molecule has 4 rings (SSSR count). The number of nitrogens with zero attached hydrogens (tertiary/aromatic N) is 4. The number of fused-ring (bicyclic) bond motifs is 1. The summed E-state index contributed by atoms with van der Waals surface area (Å²) in [5, 5.41) is 11.7. The Balaban J connectivity index is 1.43. The van der Waals surface area contributed by atoms with Crippen LogP contribution in [0, 0.1) is 0 Å². The summed E-state index contributed by atoms with van der Waals surface area (Å²) in [4.78, 5) is 27.5. The Morgan fingerprint density at radius 2 is 1.88 bits per heavy atom. The number of aromatic nitrogens is 5. The fraction of sp³-hybridized carbons (Fsp3) is 0.0556. The standard InChI is InChI=1S/C18H13N5O3/c24-17(15-9-19-16-4-2-1-3-14(15)16)10-26-18(25)12-5-7-13(8-6-12)23-11-20-21-22-23/h1-9,11,19H,10H2. The Bertz CT molecular complexity index is 1070. The SMILES string of the molecule is O=C(OCC(=O)c1c[nH]c2ccccc12)c1ccc(-n2cnnn2)cc1. The molecule has 0 radical (unpaired) electrons. The third-order valence-electron chi connectivity index (χ3n) is 3.94. The van der Waals surface area contributed by atoms with E-state index < -0.39 is 5.97 Å². The molecule has 0 aliphatic heterocycles. The first-order valence-corrected chi connectivity index (χ1v) is 7.82. The van der Waals surface area contributed by atoms with Crippen molar-refractivity contribution in [1.29, 1.82) is 0 Å². The molecule has 0 spiro atoms. The van der Waals surface area contributed by atoms with Crippen LogP contribution in [0.1, 0.15) is 20.7 Å². The van der Waals surface area contributed by atoms with E-state index in [9.17, 15) is 9.59 Å². The van der Waals surface area contributed by atoms with Gasteiger partial charge in [-0.05, 0) is 40.8 Å². The minimum Gasteiger partial charge on any atom is -0.454 e. The number of H-pyrrole nitrogens is 1. The van der Waals surface area contributed by atoms with Gasteiger partial charge in [0.15, 0.2) is 6.61 Å². The molecule has 0 aliphatic carbocycles. The lowest BCUT2D eigenvalue weighted by Crippen LogP contribution is -2.14. The van der Waals surface area contributed by atoms with E-state index in [2.05, 4.69) is 20.5 Å². The number of benzene rings is 2. The van der Waals surface area contributed by atoms with Gasteiger partial charge in [-0.2, -0.15) is 0 Å². The Kier molecular flexibility index (Phi) is 3.98. The van der Waals surface area contributed by atoms with Crippen LogP contribution in [-0.4, -0.2) is 43.6 Å². The molecule has 2 heterocycles. The van der Waals surface area contributed by atoms with E-state index in [-0.39, 0.29) is 12.4 Å². The topological polar surface area (TPSA) is 103 Å². The average molecular weight is 347 g/mol. The lowest BCUT2D eigenvalue weighted by molar-refractivity contribution is 0.0475. The van der Waals surface area contributed by atoms with Gasteiger partial charge in [-0.25, -0.2) is 9.48 Å². The van der Waals surface area contributed by atoms with Gasteiger partial charge in [0, 0.05) is 22.7 Å². The van der Waals surface area contributed by atoms with Gasteiger partial charge >= 0.3 is 5.97 Å². The Labute approximate surface area is 147 Å². The van der Waals surface area contributed by atoms with Gasteiger partial charge in [-0.15, -0.1) is 5.10 Å². The number of nitrogens with one attached hydrogen (secondary N) is 1. The zero-order valence-electron chi connectivity index (χ0n) is 13.5. The summed E-state index contributed by atoms with van der Waals surface area (Å²) in [7, 11) is 0. The van der Waals surface area contributed by atoms with Crippen molar-refractivity contribution in [3.8, 4) is 5.69 Å². The number of carbonyl (C=O) groups is 2. The highest BCUT2D eigenvalue weighted by Crippen LogP contribution is 2.18. The number of Topliss-reactive ketones (excluding diaryl/α,β-unsaturated/α-hetero) is 1. The lowest BCUT2D eigenvalue weighted by atomic mass is 10.1. The number of hydrogen-bond acceptors (Lipinski definition) is 6. The van der Waals surface area contributed by atoms with Crippen molar-refractivity contribution < 1.29 is 14.3 Å². The van der Waals surface area contributed by atoms with Crippen LogP contribution in [0.5, 0.6) is 0 Å². The third kappa shape index (κ3) is 2.95. The molecular formula is C18H13N5O3. The van der Waals surface area contributed by atoms with Crippen LogP contribution >= 0.6 is 0 Å². The van der Waals surface area contributed by atoms with E-state index in [1.165, 1.54) is 11.0 Å². The smallest absolute Gasteiger partial charge is 0.338 e. The Hall–Kier alpha value is -3.81. The number of tetrazole rings is 1. The summed E-state index contributed by atoms with van der Waals surface area (Å²) >= 11 is 0. The fourth-order valence-corrected chi connectivity index (χ4v) is 2.62. The number of carbonyl (C=O) groups excluding carboxylic acids is 2. The van der Waals surface area contributed by atoms with Crippen LogP contribution in [0.25, 0.3) is 16.6 Å². The van der Waals surface area contributed by atoms with Crippen LogP contribution < -0.4 is 0 Å². The summed E-state index contributed by atoms with van der Waals surface area (Å²) in [6.07, 6.45) is 3.08. The van der Waals surface area contributed by atoms with E-state index in [1.807, 2.05) is 24.3 Å². The van der Waals surface area contributed by atoms with Crippen LogP contribution in [0.3, 0.4) is 0 Å². The summed E-state index contributed by atoms with van der Waals surface area (Å²) in [5.74, 6) is -0.831. The molecule has 2 aromatic heterocycles. The summed E-state index contributed by atoms with van der Waals surface area (Å²) in [6.45, 7) is -0.324. The largest absolute Gasteiger partial charge is 0.454 e. The van der Waals surface area contributed by atoms with Crippen molar-refractivity contribution in [2.75, 3.05) is 6.61 Å². The van der Waals surface area contributed by atoms with E-state index in [4.69, 9.17) is 4.74 Å². The van der Waals surface area contributed by atoms with Crippen LogP contribution in [0.4, 0.5) is 0 Å². The van der Waals surface area contributed by atoms with Crippen molar-refractivity contribution >= 4 is 22.7 Å². The van der Waals surface area contributed by atoms with E-state index in [0.29, 0.717) is 16.8 Å². The predicted molar refractivity (Wildman–Crippen MR) is 92.1 cm³/mol. The Morgan fingerprint density at radius 1 is 1.08 bits per heavy atom. The number of hydrogen-bond donors (Lipinski definition) is 1. The van der Waals surface area contributed by atoms with Crippen molar-refractivity contribution in [2.45, 2.75) is 0 Å². The number of ether oxygens (including phenoxy) is 1. The summed E-state index contributed by atoms with van der Waals surface area (Å²) in [6, 6.07) is 14.0. The maximum absolute atomic E-state index is 12.3. The highest BCUT2D eigenvalue weighted by atomic mass is 16.5. The molecule has 26 heavy (non-hydrogen) atoms. The predicted octanol–water partition coefficient (Wildman–Crippen LogP) is 2.18. The van der Waals surface area contributed by atoms with E-state index in [0.717, 1.165) is 10.9 Å². The second-order valence-corrected chi connectivity index (χ2v) is 5.55. The molecule has 8 heteroatoms. The van der Waals surface area contributed by atoms with Gasteiger partial charge in [0.25, 0.3) is 0 Å². The molecule has 1 N–H and O–H groups in total. The molecule has 2 aromatic carbocycles. The molecule has 0 fully saturated rings. The first kappa shape index (κ1) is 15.7. The number of ketones is 1. The monoisotopic (exact) mass is 347 g/mol.